The number of thiophene rings is 2. The minimum atomic E-state index is 0.256. The molecule has 2 aliphatic rings. The van der Waals surface area contributed by atoms with Crippen LogP contribution < -0.4 is 0 Å². The fourth-order valence-corrected chi connectivity index (χ4v) is 4.47. The summed E-state index contributed by atoms with van der Waals surface area (Å²) < 4.78 is 0. The van der Waals surface area contributed by atoms with Crippen molar-refractivity contribution in [3.8, 4) is 0 Å². The van der Waals surface area contributed by atoms with Gasteiger partial charge in [0.1, 0.15) is 0 Å². The quantitative estimate of drug-likeness (QED) is 0.756. The zero-order valence-corrected chi connectivity index (χ0v) is 13.5. The Hall–Kier alpha value is -1.56. The van der Waals surface area contributed by atoms with Crippen LogP contribution in [0.25, 0.3) is 6.08 Å². The van der Waals surface area contributed by atoms with Crippen molar-refractivity contribution in [3.63, 3.8) is 0 Å². The number of allylic oxidation sites excluding steroid dienone is 1. The molecular weight excluding hydrogens is 316 g/mol. The highest BCUT2D eigenvalue weighted by molar-refractivity contribution is 8.16. The molecule has 4 heterocycles. The van der Waals surface area contributed by atoms with Gasteiger partial charge >= 0.3 is 0 Å². The molecule has 2 aromatic rings. The molecule has 0 aliphatic carbocycles. The fourth-order valence-electron chi connectivity index (χ4n) is 2.29. The first-order chi connectivity index (χ1) is 10.4. The van der Waals surface area contributed by atoms with E-state index < -0.39 is 0 Å². The molecule has 0 amide bonds. The molecule has 104 valence electrons. The third-order valence-electron chi connectivity index (χ3n) is 3.27. The van der Waals surface area contributed by atoms with Crippen LogP contribution in [0.4, 0.5) is 0 Å². The van der Waals surface area contributed by atoms with E-state index in [2.05, 4.69) is 69.8 Å². The van der Waals surface area contributed by atoms with Gasteiger partial charge in [-0.15, -0.1) is 22.7 Å². The first-order valence-electron chi connectivity index (χ1n) is 6.57. The number of fused-ring (bicyclic) bond motifs is 1. The molecule has 0 saturated heterocycles. The first kappa shape index (κ1) is 13.1. The average Bonchev–Trinajstić information content (AvgIpc) is 3.24. The number of hydrogen-bond donors (Lipinski definition) is 0. The van der Waals surface area contributed by atoms with Crippen molar-refractivity contribution >= 4 is 45.7 Å². The predicted molar refractivity (Wildman–Crippen MR) is 94.5 cm³/mol. The van der Waals surface area contributed by atoms with Crippen LogP contribution in [0.2, 0.25) is 0 Å². The average molecular weight is 328 g/mol. The lowest BCUT2D eigenvalue weighted by Crippen LogP contribution is -2.26. The third-order valence-corrected chi connectivity index (χ3v) is 5.82. The molecule has 0 fully saturated rings. The second-order valence-corrected chi connectivity index (χ2v) is 7.44. The van der Waals surface area contributed by atoms with Crippen LogP contribution in [0.1, 0.15) is 15.8 Å². The molecular formula is C16H12N2S3. The van der Waals surface area contributed by atoms with Gasteiger partial charge in [0.25, 0.3) is 0 Å². The molecule has 0 bridgehead atoms. The van der Waals surface area contributed by atoms with Crippen molar-refractivity contribution in [2.75, 3.05) is 0 Å². The van der Waals surface area contributed by atoms with Gasteiger partial charge in [-0.1, -0.05) is 23.9 Å². The van der Waals surface area contributed by atoms with Gasteiger partial charge in [-0.25, -0.2) is 4.99 Å². The van der Waals surface area contributed by atoms with Crippen molar-refractivity contribution in [1.82, 2.24) is 4.90 Å². The Bertz CT molecular complexity index is 737. The molecule has 2 aliphatic heterocycles. The summed E-state index contributed by atoms with van der Waals surface area (Å²) in [6.07, 6.45) is 8.59. The van der Waals surface area contributed by atoms with Gasteiger partial charge in [-0.05, 0) is 46.5 Å². The molecule has 21 heavy (non-hydrogen) atoms. The summed E-state index contributed by atoms with van der Waals surface area (Å²) >= 11 is 5.21. The van der Waals surface area contributed by atoms with Crippen LogP contribution in [0.15, 0.2) is 69.5 Å². The maximum absolute atomic E-state index is 4.73. The van der Waals surface area contributed by atoms with Gasteiger partial charge in [0.15, 0.2) is 5.17 Å². The van der Waals surface area contributed by atoms with Crippen molar-refractivity contribution in [3.05, 3.63) is 74.2 Å². The summed E-state index contributed by atoms with van der Waals surface area (Å²) in [6, 6.07) is 8.73. The molecule has 0 spiro atoms. The van der Waals surface area contributed by atoms with Crippen LogP contribution in [0, 0.1) is 0 Å². The molecule has 0 saturated carbocycles. The van der Waals surface area contributed by atoms with Crippen LogP contribution in [-0.4, -0.2) is 10.1 Å². The fraction of sp³-hybridized carbons (Fsp3) is 0.0625. The number of thioether (sulfide) groups is 1. The zero-order valence-electron chi connectivity index (χ0n) is 11.0. The number of amidine groups is 1. The Balaban J connectivity index is 1.67. The second-order valence-electron chi connectivity index (χ2n) is 4.61. The number of hydrogen-bond acceptors (Lipinski definition) is 5. The van der Waals surface area contributed by atoms with Crippen LogP contribution in [0.3, 0.4) is 0 Å². The van der Waals surface area contributed by atoms with E-state index in [0.29, 0.717) is 0 Å². The summed E-state index contributed by atoms with van der Waals surface area (Å²) in [5.41, 5.74) is 1.03. The van der Waals surface area contributed by atoms with Crippen LogP contribution in [-0.2, 0) is 0 Å². The van der Waals surface area contributed by atoms with Crippen LogP contribution in [0.5, 0.6) is 0 Å². The van der Waals surface area contributed by atoms with E-state index in [4.69, 9.17) is 4.99 Å². The number of rotatable bonds is 3. The van der Waals surface area contributed by atoms with Gasteiger partial charge in [-0.2, -0.15) is 0 Å². The van der Waals surface area contributed by atoms with Crippen molar-refractivity contribution in [1.29, 1.82) is 0 Å². The van der Waals surface area contributed by atoms with E-state index in [1.807, 2.05) is 0 Å². The van der Waals surface area contributed by atoms with E-state index in [1.54, 1.807) is 34.4 Å². The molecule has 0 radical (unpaired) electrons. The Morgan fingerprint density at radius 3 is 2.81 bits per heavy atom. The topological polar surface area (TPSA) is 15.6 Å². The zero-order chi connectivity index (χ0) is 14.1. The van der Waals surface area contributed by atoms with E-state index in [9.17, 15) is 0 Å². The van der Waals surface area contributed by atoms with Crippen molar-refractivity contribution in [2.45, 2.75) is 6.04 Å². The Morgan fingerprint density at radius 1 is 1.10 bits per heavy atom. The van der Waals surface area contributed by atoms with Crippen molar-refractivity contribution < 1.29 is 0 Å². The molecule has 2 nitrogen and oxygen atoms in total. The Kier molecular flexibility index (Phi) is 3.55. The molecule has 4 rings (SSSR count). The minimum Gasteiger partial charge on any atom is -0.315 e. The maximum Gasteiger partial charge on any atom is 0.173 e. The Morgan fingerprint density at radius 2 is 2.00 bits per heavy atom. The number of aliphatic imine (C=N–C) groups is 1. The SMILES string of the molecule is C1=CN2C(=NC(/C=C/c3cccs3)=CC2c2cccs2)S1. The summed E-state index contributed by atoms with van der Waals surface area (Å²) in [4.78, 5) is 9.56. The lowest BCUT2D eigenvalue weighted by Gasteiger charge is -2.28. The van der Waals surface area contributed by atoms with Crippen LogP contribution >= 0.6 is 34.4 Å². The van der Waals surface area contributed by atoms with Gasteiger partial charge < -0.3 is 4.90 Å². The lowest BCUT2D eigenvalue weighted by atomic mass is 10.1. The normalized spacial score (nSPS) is 20.8. The highest BCUT2D eigenvalue weighted by atomic mass is 32.2. The van der Waals surface area contributed by atoms with E-state index >= 15 is 0 Å². The van der Waals surface area contributed by atoms with Crippen molar-refractivity contribution in [2.24, 2.45) is 4.99 Å². The monoisotopic (exact) mass is 328 g/mol. The van der Waals surface area contributed by atoms with Gasteiger partial charge in [0.05, 0.1) is 11.7 Å². The largest absolute Gasteiger partial charge is 0.315 e. The summed E-state index contributed by atoms with van der Waals surface area (Å²) in [6.45, 7) is 0. The van der Waals surface area contributed by atoms with Gasteiger partial charge in [-0.3, -0.25) is 0 Å². The van der Waals surface area contributed by atoms with E-state index in [0.717, 1.165) is 10.9 Å². The minimum absolute atomic E-state index is 0.256. The number of nitrogens with zero attached hydrogens (tertiary/aromatic N) is 2. The maximum atomic E-state index is 4.73. The standard InChI is InChI=1S/C16H12N2S3/c1-3-13(19-8-1)6-5-12-11-14(15-4-2-9-20-15)18-7-10-21-16(18)17-12/h1-11,14H/b6-5+. The first-order valence-corrected chi connectivity index (χ1v) is 9.21. The second kappa shape index (κ2) is 5.67. The molecule has 2 aromatic heterocycles. The summed E-state index contributed by atoms with van der Waals surface area (Å²) in [7, 11) is 0. The molecule has 1 unspecified atom stereocenters. The summed E-state index contributed by atoms with van der Waals surface area (Å²) in [5, 5.41) is 7.37. The lowest BCUT2D eigenvalue weighted by molar-refractivity contribution is 0.493. The molecule has 0 aromatic carbocycles. The highest BCUT2D eigenvalue weighted by Gasteiger charge is 2.27. The predicted octanol–water partition coefficient (Wildman–Crippen LogP) is 5.34. The van der Waals surface area contributed by atoms with E-state index in [-0.39, 0.29) is 6.04 Å². The molecule has 0 N–H and O–H groups in total. The molecule has 5 heteroatoms. The van der Waals surface area contributed by atoms with Gasteiger partial charge in [0.2, 0.25) is 0 Å². The summed E-state index contributed by atoms with van der Waals surface area (Å²) in [5.74, 6) is 0. The molecule has 1 atom stereocenters. The smallest absolute Gasteiger partial charge is 0.173 e. The van der Waals surface area contributed by atoms with Gasteiger partial charge in [0, 0.05) is 16.0 Å². The van der Waals surface area contributed by atoms with E-state index in [1.165, 1.54) is 9.75 Å². The Labute approximate surface area is 135 Å². The highest BCUT2D eigenvalue weighted by Crippen LogP contribution is 2.37. The third kappa shape index (κ3) is 2.64.